The second-order valence-corrected chi connectivity index (χ2v) is 16.8. The Kier molecular flexibility index (Phi) is 10.6. The Bertz CT molecular complexity index is 1620. The number of aliphatic imine (C=N–C) groups is 1. The molecule has 6 rings (SSSR count). The van der Waals surface area contributed by atoms with Gasteiger partial charge in [-0.2, -0.15) is 0 Å². The van der Waals surface area contributed by atoms with Gasteiger partial charge in [0.1, 0.15) is 5.20 Å². The van der Waals surface area contributed by atoms with Gasteiger partial charge in [0, 0.05) is 67.8 Å². The lowest BCUT2D eigenvalue weighted by Gasteiger charge is -2.70. The van der Waals surface area contributed by atoms with Crippen LogP contribution in [-0.4, -0.2) is 77.0 Å². The fourth-order valence-electron chi connectivity index (χ4n) is 11.1. The van der Waals surface area contributed by atoms with E-state index in [-0.39, 0.29) is 28.6 Å². The zero-order valence-electron chi connectivity index (χ0n) is 31.4. The quantitative estimate of drug-likeness (QED) is 0.0966. The Balaban J connectivity index is 1.18. The zero-order valence-corrected chi connectivity index (χ0v) is 32.4. The molecule has 1 aromatic rings. The molecular weight excluding hydrogens is 643 g/mol. The third-order valence-electron chi connectivity index (χ3n) is 14.1. The van der Waals surface area contributed by atoms with E-state index in [9.17, 15) is 9.59 Å². The highest BCUT2D eigenvalue weighted by atomic mass is 31.0. The molecular formula is C40H61N6O3P. The van der Waals surface area contributed by atoms with Crippen molar-refractivity contribution in [1.29, 1.82) is 0 Å². The summed E-state index contributed by atoms with van der Waals surface area (Å²) in [4.78, 5) is 30.7. The molecule has 8 unspecified atom stereocenters. The van der Waals surface area contributed by atoms with Crippen LogP contribution in [0.15, 0.2) is 47.3 Å². The Morgan fingerprint density at radius 3 is 2.62 bits per heavy atom. The number of hydrogen-bond donors (Lipinski definition) is 2. The van der Waals surface area contributed by atoms with E-state index >= 15 is 0 Å². The highest BCUT2D eigenvalue weighted by molar-refractivity contribution is 7.06. The van der Waals surface area contributed by atoms with Gasteiger partial charge >= 0.3 is 0 Å². The summed E-state index contributed by atoms with van der Waals surface area (Å²) in [6, 6.07) is -0.187. The summed E-state index contributed by atoms with van der Waals surface area (Å²) in [5, 5.41) is 4.01. The van der Waals surface area contributed by atoms with Gasteiger partial charge in [-0.05, 0) is 107 Å². The average molecular weight is 705 g/mol. The number of nitrogens with two attached hydrogens (primary N) is 1. The van der Waals surface area contributed by atoms with Crippen LogP contribution in [0.1, 0.15) is 86.5 Å². The Morgan fingerprint density at radius 1 is 1.22 bits per heavy atom. The summed E-state index contributed by atoms with van der Waals surface area (Å²) >= 11 is 0. The maximum atomic E-state index is 12.1. The molecule has 1 saturated heterocycles. The molecule has 0 aromatic carbocycles. The molecule has 1 aliphatic heterocycles. The number of hydrogen-bond acceptors (Lipinski definition) is 5. The topological polar surface area (TPSA) is 107 Å². The molecule has 4 fully saturated rings. The van der Waals surface area contributed by atoms with Crippen LogP contribution in [-0.2, 0) is 19.9 Å². The van der Waals surface area contributed by atoms with Gasteiger partial charge in [-0.25, -0.2) is 0 Å². The van der Waals surface area contributed by atoms with Crippen molar-refractivity contribution in [2.75, 3.05) is 26.8 Å². The van der Waals surface area contributed by atoms with Crippen molar-refractivity contribution in [3.8, 4) is 0 Å². The Hall–Kier alpha value is -2.74. The molecule has 4 aliphatic carbocycles. The van der Waals surface area contributed by atoms with Gasteiger partial charge in [-0.15, -0.1) is 0 Å². The molecule has 10 heteroatoms. The van der Waals surface area contributed by atoms with Gasteiger partial charge in [-0.1, -0.05) is 53.9 Å². The number of rotatable bonds is 15. The normalized spacial score (nSPS) is 37.6. The largest absolute Gasteiger partial charge is 0.381 e. The number of imidazole rings is 1. The van der Waals surface area contributed by atoms with E-state index in [1.807, 2.05) is 14.0 Å². The lowest BCUT2D eigenvalue weighted by atomic mass is 9.41. The molecule has 5 aliphatic rings. The monoisotopic (exact) mass is 704 g/mol. The Morgan fingerprint density at radius 2 is 1.96 bits per heavy atom. The molecule has 10 atom stereocenters. The molecule has 9 nitrogen and oxygen atoms in total. The first-order valence-electron chi connectivity index (χ1n) is 19.1. The number of carbonyl (C=O) groups is 2. The van der Waals surface area contributed by atoms with E-state index in [1.54, 1.807) is 0 Å². The highest BCUT2D eigenvalue weighted by Crippen LogP contribution is 2.83. The number of nitrogens with one attached hydrogen (secondary N) is 1. The number of aromatic nitrogens is 2. The predicted molar refractivity (Wildman–Crippen MR) is 204 cm³/mol. The van der Waals surface area contributed by atoms with E-state index < -0.39 is 0 Å². The molecule has 0 radical (unpaired) electrons. The minimum Gasteiger partial charge on any atom is -0.381 e. The lowest BCUT2D eigenvalue weighted by Crippen LogP contribution is -2.77. The van der Waals surface area contributed by atoms with Crippen molar-refractivity contribution < 1.29 is 14.3 Å². The van der Waals surface area contributed by atoms with Gasteiger partial charge < -0.3 is 29.8 Å². The van der Waals surface area contributed by atoms with Crippen LogP contribution in [0.3, 0.4) is 0 Å². The van der Waals surface area contributed by atoms with E-state index in [1.165, 1.54) is 0 Å². The van der Waals surface area contributed by atoms with Crippen LogP contribution in [0.25, 0.3) is 5.70 Å². The smallest absolute Gasteiger partial charge is 0.210 e. The average Bonchev–Trinajstić information content (AvgIpc) is 3.54. The molecule has 3 N–H and O–H groups in total. The van der Waals surface area contributed by atoms with Crippen LogP contribution in [0.5, 0.6) is 0 Å². The summed E-state index contributed by atoms with van der Waals surface area (Å²) in [5.41, 5.74) is 9.84. The number of allylic oxidation sites excluding steroid dienone is 3. The fourth-order valence-corrected chi connectivity index (χ4v) is 11.7. The van der Waals surface area contributed by atoms with Gasteiger partial charge in [0.2, 0.25) is 12.8 Å². The first-order valence-corrected chi connectivity index (χ1v) is 19.6. The zero-order chi connectivity index (χ0) is 36.0. The highest BCUT2D eigenvalue weighted by Gasteiger charge is 2.86. The van der Waals surface area contributed by atoms with Gasteiger partial charge in [0.05, 0.1) is 11.6 Å². The molecule has 0 spiro atoms. The van der Waals surface area contributed by atoms with Gasteiger partial charge in [0.25, 0.3) is 0 Å². The molecule has 3 saturated carbocycles. The van der Waals surface area contributed by atoms with E-state index in [4.69, 9.17) is 15.5 Å². The molecule has 274 valence electrons. The standard InChI is InChI=1S/C40H61N6O3P/c1-8-17-44(25-48)39(6)26(2)35-36(39)31-23-40(31,35)46-19-18-45(37(46)50)28(4)34(27(3)43-24-47)33(42-7)12-10-9-11-29-22-38(5,16-13-32(29)41)30-14-20-49-21-15-30/h9,11,13,16,18-19,24-27,29-32,35-36,50H,8,10,12,14-15,17,20-23,41H2,1-7H3,(H,43,47)/b11-9+,34-28+,42-33?/t26?,27-,29?,31?,32?,35?,36?,38-,39?,40?/m0/s1. The third kappa shape index (κ3) is 5.84. The molecule has 2 heterocycles. The van der Waals surface area contributed by atoms with Crippen molar-refractivity contribution >= 4 is 33.1 Å². The van der Waals surface area contributed by atoms with E-state index in [2.05, 4.69) is 99.5 Å². The summed E-state index contributed by atoms with van der Waals surface area (Å²) in [7, 11) is 5.93. The van der Waals surface area contributed by atoms with Crippen molar-refractivity contribution in [3.05, 3.63) is 47.5 Å². The number of ether oxygens (including phenoxy) is 1. The summed E-state index contributed by atoms with van der Waals surface area (Å²) < 4.78 is 10.3. The van der Waals surface area contributed by atoms with Gasteiger partial charge in [-0.3, -0.25) is 14.6 Å². The van der Waals surface area contributed by atoms with Crippen molar-refractivity contribution in [1.82, 2.24) is 19.4 Å². The Labute approximate surface area is 301 Å². The fraction of sp³-hybridized carbons (Fsp3) is 0.700. The SMILES string of the molecule is CCCN(C=O)C1(C)C(C)C2C1C1CC12n1ccn(/C(C)=C(/C(CC/C=C/C2C[C@@](C)(C3CCOCC3)C=CC2N)=NC)[C@H](C)NC=O)c1=P. The third-order valence-corrected chi connectivity index (χ3v) is 14.6. The second-order valence-electron chi connectivity index (χ2n) is 16.4. The van der Waals surface area contributed by atoms with Gasteiger partial charge in [0.15, 0.2) is 0 Å². The predicted octanol–water partition coefficient (Wildman–Crippen LogP) is 6.31. The van der Waals surface area contributed by atoms with Crippen LogP contribution in [0, 0.1) is 46.1 Å². The van der Waals surface area contributed by atoms with Crippen LogP contribution in [0.4, 0.5) is 0 Å². The summed E-state index contributed by atoms with van der Waals surface area (Å²) in [6.07, 6.45) is 22.4. The second kappa shape index (κ2) is 14.4. The first-order chi connectivity index (χ1) is 23.9. The number of amides is 2. The minimum absolute atomic E-state index is 0.0269. The summed E-state index contributed by atoms with van der Waals surface area (Å²) in [5.74, 6) is 3.03. The van der Waals surface area contributed by atoms with E-state index in [0.29, 0.717) is 35.5 Å². The van der Waals surface area contributed by atoms with Crippen LogP contribution >= 0.6 is 8.86 Å². The number of fused-ring (bicyclic) bond motifs is 4. The number of carbonyl (C=O) groups excluding carboxylic acids is 2. The van der Waals surface area contributed by atoms with Crippen molar-refractivity contribution in [2.24, 2.45) is 51.6 Å². The van der Waals surface area contributed by atoms with Crippen molar-refractivity contribution in [3.63, 3.8) is 0 Å². The summed E-state index contributed by atoms with van der Waals surface area (Å²) in [6.45, 7) is 15.9. The van der Waals surface area contributed by atoms with Crippen LogP contribution in [0.2, 0.25) is 0 Å². The molecule has 1 aromatic heterocycles. The van der Waals surface area contributed by atoms with Crippen LogP contribution < -0.4 is 11.1 Å². The maximum Gasteiger partial charge on any atom is 0.210 e. The maximum absolute atomic E-state index is 12.1. The molecule has 50 heavy (non-hydrogen) atoms. The minimum atomic E-state index is -0.214. The van der Waals surface area contributed by atoms with Crippen molar-refractivity contribution in [2.45, 2.75) is 110 Å². The lowest BCUT2D eigenvalue weighted by molar-refractivity contribution is -0.216. The molecule has 0 bridgehead atoms. The first kappa shape index (κ1) is 37.0. The number of nitrogens with zero attached hydrogens (tertiary/aromatic N) is 4. The van der Waals surface area contributed by atoms with E-state index in [0.717, 1.165) is 99.7 Å². The molecule has 2 amide bonds.